The van der Waals surface area contributed by atoms with Crippen LogP contribution in [-0.2, 0) is 13.1 Å². The maximum Gasteiger partial charge on any atom is 0.294 e. The second kappa shape index (κ2) is 10.7. The highest BCUT2D eigenvalue weighted by molar-refractivity contribution is 6.23. The van der Waals surface area contributed by atoms with Gasteiger partial charge in [0.05, 0.1) is 5.69 Å². The second-order valence-electron chi connectivity index (χ2n) is 9.32. The molecule has 34 heavy (non-hydrogen) atoms. The van der Waals surface area contributed by atoms with Crippen LogP contribution in [-0.4, -0.2) is 32.3 Å². The van der Waals surface area contributed by atoms with Gasteiger partial charge in [0, 0.05) is 43.8 Å². The molecule has 1 aliphatic carbocycles. The monoisotopic (exact) mass is 458 g/mol. The molecule has 3 heterocycles. The molecule has 0 saturated heterocycles. The zero-order valence-electron chi connectivity index (χ0n) is 20.6. The summed E-state index contributed by atoms with van der Waals surface area (Å²) in [5.41, 5.74) is 6.14. The number of nitrogens with zero attached hydrogens (tertiary/aromatic N) is 5. The van der Waals surface area contributed by atoms with Gasteiger partial charge in [0.15, 0.2) is 11.5 Å². The fraction of sp³-hybridized carbons (Fsp3) is 0.444. The summed E-state index contributed by atoms with van der Waals surface area (Å²) in [6.07, 6.45) is 9.56. The van der Waals surface area contributed by atoms with Crippen molar-refractivity contribution in [2.24, 2.45) is 10.9 Å². The van der Waals surface area contributed by atoms with Crippen LogP contribution < -0.4 is 10.9 Å². The first-order valence-electron chi connectivity index (χ1n) is 12.1. The summed E-state index contributed by atoms with van der Waals surface area (Å²) in [6, 6.07) is 7.82. The van der Waals surface area contributed by atoms with E-state index in [1.165, 1.54) is 19.3 Å². The molecule has 0 amide bonds. The Morgan fingerprint density at radius 3 is 2.59 bits per heavy atom. The first kappa shape index (κ1) is 23.8. The Kier molecular flexibility index (Phi) is 7.50. The Labute approximate surface area is 201 Å². The molecule has 0 aromatic carbocycles. The average Bonchev–Trinajstić information content (AvgIpc) is 2.86. The molecule has 0 unspecified atom stereocenters. The number of nitrogens with one attached hydrogen (secondary N) is 1. The minimum absolute atomic E-state index is 0.119. The van der Waals surface area contributed by atoms with Crippen molar-refractivity contribution in [2.45, 2.75) is 66.0 Å². The van der Waals surface area contributed by atoms with Gasteiger partial charge in [0.2, 0.25) is 0 Å². The van der Waals surface area contributed by atoms with Crippen LogP contribution in [0.3, 0.4) is 0 Å². The molecule has 0 radical (unpaired) electrons. The van der Waals surface area contributed by atoms with Gasteiger partial charge in [0.25, 0.3) is 5.56 Å². The lowest BCUT2D eigenvalue weighted by molar-refractivity contribution is 0.319. The fourth-order valence-corrected chi connectivity index (χ4v) is 4.77. The van der Waals surface area contributed by atoms with Gasteiger partial charge in [-0.05, 0) is 63.3 Å². The number of rotatable bonds is 7. The summed E-state index contributed by atoms with van der Waals surface area (Å²) in [6.45, 7) is 7.28. The summed E-state index contributed by atoms with van der Waals surface area (Å²) in [5.74, 6) is 0.839. The highest BCUT2D eigenvalue weighted by atomic mass is 16.1. The van der Waals surface area contributed by atoms with E-state index in [9.17, 15) is 4.79 Å². The molecule has 7 heteroatoms. The molecule has 1 saturated carbocycles. The number of anilines is 1. The summed E-state index contributed by atoms with van der Waals surface area (Å²) < 4.78 is 1.84. The largest absolute Gasteiger partial charge is 0.361 e. The van der Waals surface area contributed by atoms with E-state index in [1.807, 2.05) is 35.8 Å². The molecule has 0 bridgehead atoms. The highest BCUT2D eigenvalue weighted by Crippen LogP contribution is 2.27. The SMILES string of the molecule is CN=C(C)C(=C(C)C)c1ccc2nc(NCc3cccnc3)c(=O)n(CC3CCCCC3)c2n1. The molecule has 1 N–H and O–H groups in total. The Morgan fingerprint density at radius 2 is 1.91 bits per heavy atom. The van der Waals surface area contributed by atoms with Crippen LogP contribution >= 0.6 is 0 Å². The molecule has 0 atom stereocenters. The van der Waals surface area contributed by atoms with Crippen LogP contribution in [0.15, 0.2) is 52.0 Å². The Bertz CT molecular complexity index is 1270. The topological polar surface area (TPSA) is 85.1 Å². The highest BCUT2D eigenvalue weighted by Gasteiger charge is 2.20. The molecular formula is C27H34N6O. The van der Waals surface area contributed by atoms with Gasteiger partial charge >= 0.3 is 0 Å². The van der Waals surface area contributed by atoms with E-state index in [-0.39, 0.29) is 5.56 Å². The van der Waals surface area contributed by atoms with Crippen molar-refractivity contribution in [3.63, 3.8) is 0 Å². The van der Waals surface area contributed by atoms with E-state index >= 15 is 0 Å². The summed E-state index contributed by atoms with van der Waals surface area (Å²) >= 11 is 0. The summed E-state index contributed by atoms with van der Waals surface area (Å²) in [4.78, 5) is 31.8. The minimum atomic E-state index is -0.119. The molecule has 4 rings (SSSR count). The maximum atomic E-state index is 13.6. The molecule has 7 nitrogen and oxygen atoms in total. The molecule has 0 aliphatic heterocycles. The molecule has 3 aromatic heterocycles. The quantitative estimate of drug-likeness (QED) is 0.488. The molecule has 178 valence electrons. The van der Waals surface area contributed by atoms with Crippen molar-refractivity contribution in [2.75, 3.05) is 12.4 Å². The Balaban J connectivity index is 1.80. The van der Waals surface area contributed by atoms with Crippen molar-refractivity contribution in [1.82, 2.24) is 19.5 Å². The number of fused-ring (bicyclic) bond motifs is 1. The molecular weight excluding hydrogens is 424 g/mol. The minimum Gasteiger partial charge on any atom is -0.361 e. The van der Waals surface area contributed by atoms with Crippen molar-refractivity contribution in [3.8, 4) is 0 Å². The first-order valence-corrected chi connectivity index (χ1v) is 12.1. The smallest absolute Gasteiger partial charge is 0.294 e. The van der Waals surface area contributed by atoms with E-state index in [4.69, 9.17) is 4.98 Å². The number of hydrogen-bond acceptors (Lipinski definition) is 6. The van der Waals surface area contributed by atoms with Gasteiger partial charge in [-0.1, -0.05) is 30.9 Å². The lowest BCUT2D eigenvalue weighted by atomic mass is 9.89. The van der Waals surface area contributed by atoms with Gasteiger partial charge in [-0.25, -0.2) is 9.97 Å². The van der Waals surface area contributed by atoms with Gasteiger partial charge in [-0.2, -0.15) is 0 Å². The van der Waals surface area contributed by atoms with Gasteiger partial charge in [-0.15, -0.1) is 0 Å². The van der Waals surface area contributed by atoms with Crippen LogP contribution in [0.25, 0.3) is 16.7 Å². The van der Waals surface area contributed by atoms with E-state index in [0.29, 0.717) is 36.0 Å². The van der Waals surface area contributed by atoms with Crippen molar-refractivity contribution < 1.29 is 0 Å². The van der Waals surface area contributed by atoms with Crippen LogP contribution in [0.4, 0.5) is 5.82 Å². The predicted octanol–water partition coefficient (Wildman–Crippen LogP) is 5.26. The maximum absolute atomic E-state index is 13.6. The standard InChI is InChI=1S/C27H34N6O/c1-18(2)24(19(3)28-4)22-12-13-23-26(32-22)33(17-20-9-6-5-7-10-20)27(34)25(31-23)30-16-21-11-8-14-29-15-21/h8,11-15,20H,5-7,9-10,16-17H2,1-4H3,(H,30,31). The third kappa shape index (κ3) is 5.24. The Hall–Kier alpha value is -3.35. The van der Waals surface area contributed by atoms with Crippen molar-refractivity contribution in [3.05, 3.63) is 63.8 Å². The zero-order valence-corrected chi connectivity index (χ0v) is 20.6. The normalized spacial score (nSPS) is 14.9. The van der Waals surface area contributed by atoms with Gasteiger partial charge < -0.3 is 5.32 Å². The number of allylic oxidation sites excluding steroid dienone is 2. The summed E-state index contributed by atoms with van der Waals surface area (Å²) in [5, 5.41) is 3.24. The van der Waals surface area contributed by atoms with Gasteiger partial charge in [-0.3, -0.25) is 19.3 Å². The molecule has 3 aromatic rings. The van der Waals surface area contributed by atoms with Gasteiger partial charge in [0.1, 0.15) is 5.52 Å². The molecule has 0 spiro atoms. The summed E-state index contributed by atoms with van der Waals surface area (Å²) in [7, 11) is 1.79. The molecule has 1 fully saturated rings. The third-order valence-corrected chi connectivity index (χ3v) is 6.59. The Morgan fingerprint density at radius 1 is 1.12 bits per heavy atom. The average molecular weight is 459 g/mol. The van der Waals surface area contributed by atoms with Crippen molar-refractivity contribution >= 4 is 28.3 Å². The first-order chi connectivity index (χ1) is 16.5. The number of pyridine rings is 2. The third-order valence-electron chi connectivity index (χ3n) is 6.59. The van der Waals surface area contributed by atoms with E-state index < -0.39 is 0 Å². The number of hydrogen-bond donors (Lipinski definition) is 1. The van der Waals surface area contributed by atoms with Crippen LogP contribution in [0.5, 0.6) is 0 Å². The second-order valence-corrected chi connectivity index (χ2v) is 9.32. The number of aliphatic imine (C=N–C) groups is 1. The van der Waals surface area contributed by atoms with Crippen molar-refractivity contribution in [1.29, 1.82) is 0 Å². The number of aromatic nitrogens is 4. The van der Waals surface area contributed by atoms with Crippen LogP contribution in [0, 0.1) is 5.92 Å². The lowest BCUT2D eigenvalue weighted by Gasteiger charge is -2.23. The van der Waals surface area contributed by atoms with E-state index in [0.717, 1.165) is 41.0 Å². The van der Waals surface area contributed by atoms with Crippen LogP contribution in [0.2, 0.25) is 0 Å². The zero-order chi connectivity index (χ0) is 24.1. The fourth-order valence-electron chi connectivity index (χ4n) is 4.77. The lowest BCUT2D eigenvalue weighted by Crippen LogP contribution is -2.29. The van der Waals surface area contributed by atoms with E-state index in [1.54, 1.807) is 19.4 Å². The predicted molar refractivity (Wildman–Crippen MR) is 139 cm³/mol. The van der Waals surface area contributed by atoms with Crippen LogP contribution in [0.1, 0.15) is 64.1 Å². The van der Waals surface area contributed by atoms with E-state index in [2.05, 4.69) is 34.1 Å². The molecule has 1 aliphatic rings.